The second-order valence-corrected chi connectivity index (χ2v) is 16.8. The summed E-state index contributed by atoms with van der Waals surface area (Å²) in [6.07, 6.45) is 0.540. The summed E-state index contributed by atoms with van der Waals surface area (Å²) in [7, 11) is 1.60. The fourth-order valence-electron chi connectivity index (χ4n) is 8.23. The first-order valence-electron chi connectivity index (χ1n) is 22.9. The van der Waals surface area contributed by atoms with Gasteiger partial charge in [0.1, 0.15) is 24.4 Å². The van der Waals surface area contributed by atoms with E-state index >= 15 is 0 Å². The predicted octanol–water partition coefficient (Wildman–Crippen LogP) is 1.21. The van der Waals surface area contributed by atoms with Crippen LogP contribution in [0.15, 0.2) is 66.7 Å². The van der Waals surface area contributed by atoms with Crippen molar-refractivity contribution < 1.29 is 52.5 Å². The minimum absolute atomic E-state index is 0.111. The van der Waals surface area contributed by atoms with Crippen LogP contribution < -0.4 is 30.9 Å². The van der Waals surface area contributed by atoms with Gasteiger partial charge in [0, 0.05) is 75.1 Å². The highest BCUT2D eigenvalue weighted by Crippen LogP contribution is 2.33. The van der Waals surface area contributed by atoms with Crippen molar-refractivity contribution >= 4 is 52.7 Å². The molecule has 0 bridgehead atoms. The Bertz CT molecular complexity index is 2400. The molecule has 2 saturated heterocycles. The van der Waals surface area contributed by atoms with Gasteiger partial charge in [-0.05, 0) is 49.2 Å². The number of amides is 7. The maximum absolute atomic E-state index is 13.4. The lowest BCUT2D eigenvalue weighted by molar-refractivity contribution is -0.141. The van der Waals surface area contributed by atoms with Gasteiger partial charge in [-0.1, -0.05) is 48.2 Å². The van der Waals surface area contributed by atoms with E-state index in [-0.39, 0.29) is 56.7 Å². The first-order valence-corrected chi connectivity index (χ1v) is 22.9. The van der Waals surface area contributed by atoms with Gasteiger partial charge >= 0.3 is 11.8 Å². The molecule has 19 heteroatoms. The number of likely N-dealkylation sites (N-methyl/N-ethyl adjacent to an activating group) is 1. The topological polar surface area (TPSA) is 217 Å². The lowest BCUT2D eigenvalue weighted by Gasteiger charge is -2.33. The number of nitrogens with one attached hydrogen (secondary N) is 4. The minimum Gasteiger partial charge on any atom is -0.489 e. The molecule has 4 aliphatic rings. The Morgan fingerprint density at radius 3 is 2.32 bits per heavy atom. The standard InChI is InChI=1S/C49H58N8O11/c1-33(35-9-4-3-5-10-35)50-46(61)47(62)52-39-32-68-42-15-13-34(30-41(42)54(2)49(39)64)8-7-18-55-19-21-56(22-20-55)23-25-66-27-29-67-28-26-65-24-17-44(59)51-38-12-6-11-36-37(38)31-57(48(36)63)40-14-16-43(58)53-45(40)60/h3-6,9-13,15,30,33,39-40H,14,16-29,31-32H2,1-2H3,(H,50,61)(H,51,59)(H,52,62)(H,53,58,60)/t33-,39+,40?/m1/s1. The van der Waals surface area contributed by atoms with Crippen LogP contribution >= 0.6 is 0 Å². The molecule has 7 rings (SSSR count). The Labute approximate surface area is 395 Å². The highest BCUT2D eigenvalue weighted by atomic mass is 16.5. The molecule has 4 heterocycles. The second-order valence-electron chi connectivity index (χ2n) is 16.8. The second kappa shape index (κ2) is 23.9. The van der Waals surface area contributed by atoms with E-state index in [0.29, 0.717) is 73.4 Å². The van der Waals surface area contributed by atoms with Gasteiger partial charge in [0.25, 0.3) is 11.8 Å². The van der Waals surface area contributed by atoms with Crippen LogP contribution in [0.4, 0.5) is 11.4 Å². The molecular weight excluding hydrogens is 877 g/mol. The molecule has 68 heavy (non-hydrogen) atoms. The van der Waals surface area contributed by atoms with Gasteiger partial charge in [-0.15, -0.1) is 0 Å². The molecule has 0 spiro atoms. The Kier molecular flexibility index (Phi) is 17.3. The number of carbonyl (C=O) groups excluding carboxylic acids is 7. The molecule has 1 unspecified atom stereocenters. The molecule has 360 valence electrons. The molecule has 0 aliphatic carbocycles. The predicted molar refractivity (Wildman–Crippen MR) is 248 cm³/mol. The molecule has 0 aromatic heterocycles. The maximum Gasteiger partial charge on any atom is 0.310 e. The number of nitrogens with zero attached hydrogens (tertiary/aromatic N) is 4. The summed E-state index contributed by atoms with van der Waals surface area (Å²) < 4.78 is 22.9. The van der Waals surface area contributed by atoms with Gasteiger partial charge in [-0.25, -0.2) is 0 Å². The number of ether oxygens (including phenoxy) is 4. The van der Waals surface area contributed by atoms with Gasteiger partial charge in [-0.3, -0.25) is 48.7 Å². The Morgan fingerprint density at radius 2 is 1.57 bits per heavy atom. The summed E-state index contributed by atoms with van der Waals surface area (Å²) >= 11 is 0. The summed E-state index contributed by atoms with van der Waals surface area (Å²) in [6.45, 7) is 9.05. The van der Waals surface area contributed by atoms with Crippen LogP contribution in [-0.2, 0) is 49.5 Å². The molecule has 3 aromatic rings. The molecule has 2 fully saturated rings. The Balaban J connectivity index is 0.711. The van der Waals surface area contributed by atoms with Crippen molar-refractivity contribution in [3.05, 3.63) is 89.0 Å². The zero-order valence-corrected chi connectivity index (χ0v) is 38.4. The normalized spacial score (nSPS) is 18.9. The molecular formula is C49H58N8O11. The van der Waals surface area contributed by atoms with Gasteiger partial charge < -0.3 is 44.7 Å². The Morgan fingerprint density at radius 1 is 0.853 bits per heavy atom. The summed E-state index contributed by atoms with van der Waals surface area (Å²) in [6, 6.07) is 17.5. The van der Waals surface area contributed by atoms with E-state index in [1.165, 1.54) is 9.80 Å². The number of hydrogen-bond acceptors (Lipinski definition) is 13. The van der Waals surface area contributed by atoms with Crippen LogP contribution in [0.2, 0.25) is 0 Å². The number of imide groups is 1. The van der Waals surface area contributed by atoms with Crippen molar-refractivity contribution in [3.63, 3.8) is 0 Å². The molecule has 4 aliphatic heterocycles. The van der Waals surface area contributed by atoms with E-state index in [1.807, 2.05) is 36.4 Å². The Hall–Kier alpha value is -6.69. The van der Waals surface area contributed by atoms with Crippen molar-refractivity contribution in [2.75, 3.05) is 103 Å². The average molecular weight is 935 g/mol. The summed E-state index contributed by atoms with van der Waals surface area (Å²) in [4.78, 5) is 95.9. The fraction of sp³-hybridized carbons (Fsp3) is 0.449. The quantitative estimate of drug-likeness (QED) is 0.0612. The van der Waals surface area contributed by atoms with Gasteiger partial charge in [0.05, 0.1) is 64.3 Å². The van der Waals surface area contributed by atoms with E-state index in [2.05, 4.69) is 42.9 Å². The van der Waals surface area contributed by atoms with E-state index < -0.39 is 41.8 Å². The van der Waals surface area contributed by atoms with Crippen molar-refractivity contribution in [2.45, 2.75) is 50.9 Å². The van der Waals surface area contributed by atoms with Crippen molar-refractivity contribution in [1.29, 1.82) is 0 Å². The van der Waals surface area contributed by atoms with Crippen LogP contribution in [0.1, 0.15) is 59.3 Å². The first-order chi connectivity index (χ1) is 32.9. The number of fused-ring (bicyclic) bond motifs is 2. The summed E-state index contributed by atoms with van der Waals surface area (Å²) in [5.41, 5.74) is 3.66. The number of rotatable bonds is 18. The molecule has 4 N–H and O–H groups in total. The van der Waals surface area contributed by atoms with Crippen LogP contribution in [0.3, 0.4) is 0 Å². The monoisotopic (exact) mass is 934 g/mol. The molecule has 0 saturated carbocycles. The number of hydrogen-bond donors (Lipinski definition) is 4. The van der Waals surface area contributed by atoms with Gasteiger partial charge in [0.2, 0.25) is 17.7 Å². The van der Waals surface area contributed by atoms with E-state index in [4.69, 9.17) is 18.9 Å². The molecule has 0 radical (unpaired) electrons. The third-order valence-electron chi connectivity index (χ3n) is 12.1. The van der Waals surface area contributed by atoms with Crippen molar-refractivity contribution in [1.82, 2.24) is 30.7 Å². The van der Waals surface area contributed by atoms with E-state index in [0.717, 1.165) is 38.3 Å². The van der Waals surface area contributed by atoms with Crippen LogP contribution in [0.5, 0.6) is 5.75 Å². The fourth-order valence-corrected chi connectivity index (χ4v) is 8.23. The lowest BCUT2D eigenvalue weighted by atomic mass is 10.0. The SMILES string of the molecule is C[C@@H](NC(=O)C(=O)N[C@H]1COc2ccc(C#CCN3CCN(CCOCCOCCOCCC(=O)Nc4cccc5c4CN(C4CCC(=O)NC4=O)C5=O)CC3)cc2N(C)C1=O)c1ccccc1. The van der Waals surface area contributed by atoms with Crippen molar-refractivity contribution in [3.8, 4) is 17.6 Å². The lowest BCUT2D eigenvalue weighted by Crippen LogP contribution is -2.53. The number of benzene rings is 3. The number of anilines is 2. The highest BCUT2D eigenvalue weighted by molar-refractivity contribution is 6.35. The molecule has 3 atom stereocenters. The van der Waals surface area contributed by atoms with Crippen LogP contribution in [0.25, 0.3) is 0 Å². The third-order valence-corrected chi connectivity index (χ3v) is 12.1. The molecule has 3 aromatic carbocycles. The van der Waals surface area contributed by atoms with Gasteiger partial charge in [-0.2, -0.15) is 0 Å². The third kappa shape index (κ3) is 13.0. The highest BCUT2D eigenvalue weighted by Gasteiger charge is 2.40. The largest absolute Gasteiger partial charge is 0.489 e. The van der Waals surface area contributed by atoms with Crippen LogP contribution in [0, 0.1) is 11.8 Å². The smallest absolute Gasteiger partial charge is 0.310 e. The van der Waals surface area contributed by atoms with E-state index in [9.17, 15) is 33.6 Å². The zero-order chi connectivity index (χ0) is 48.0. The number of carbonyl (C=O) groups is 7. The van der Waals surface area contributed by atoms with E-state index in [1.54, 1.807) is 44.3 Å². The molecule has 7 amide bonds. The maximum atomic E-state index is 13.4. The number of piperidine rings is 1. The molecule has 19 nitrogen and oxygen atoms in total. The minimum atomic E-state index is -1.06. The first kappa shape index (κ1) is 49.2. The van der Waals surface area contributed by atoms with Crippen molar-refractivity contribution in [2.24, 2.45) is 0 Å². The summed E-state index contributed by atoms with van der Waals surface area (Å²) in [5.74, 6) is 3.34. The number of piperazine rings is 1. The summed E-state index contributed by atoms with van der Waals surface area (Å²) in [5, 5.41) is 10.3. The van der Waals surface area contributed by atoms with Crippen LogP contribution in [-0.4, -0.2) is 161 Å². The average Bonchev–Trinajstić information content (AvgIpc) is 3.62. The van der Waals surface area contributed by atoms with Gasteiger partial charge in [0.15, 0.2) is 0 Å². The zero-order valence-electron chi connectivity index (χ0n) is 38.4.